The van der Waals surface area contributed by atoms with Gasteiger partial charge in [-0.2, -0.15) is 11.3 Å². The molecule has 0 fully saturated rings. The zero-order chi connectivity index (χ0) is 13.8. The first-order valence-electron chi connectivity index (χ1n) is 5.56. The second-order valence-corrected chi connectivity index (χ2v) is 5.71. The highest BCUT2D eigenvalue weighted by molar-refractivity contribution is 9.10. The van der Waals surface area contributed by atoms with Gasteiger partial charge in [-0.15, -0.1) is 0 Å². The normalized spacial score (nSPS) is 12.3. The van der Waals surface area contributed by atoms with Gasteiger partial charge in [0.25, 0.3) is 0 Å². The van der Waals surface area contributed by atoms with Gasteiger partial charge in [-0.25, -0.2) is 4.39 Å². The number of carbonyl (C=O) groups excluding carboxylic acids is 1. The number of hydrogen-bond donors (Lipinski definition) is 2. The van der Waals surface area contributed by atoms with Crippen molar-refractivity contribution in [3.8, 4) is 0 Å². The third kappa shape index (κ3) is 3.62. The number of nitrogens with one attached hydrogen (secondary N) is 1. The molecule has 0 radical (unpaired) electrons. The summed E-state index contributed by atoms with van der Waals surface area (Å²) in [7, 11) is 0. The van der Waals surface area contributed by atoms with E-state index in [1.165, 1.54) is 6.07 Å². The predicted octanol–water partition coefficient (Wildman–Crippen LogP) is 2.97. The number of primary amides is 1. The molecule has 100 valence electrons. The molecule has 1 heterocycles. The molecule has 3 N–H and O–H groups in total. The van der Waals surface area contributed by atoms with Crippen LogP contribution < -0.4 is 11.1 Å². The van der Waals surface area contributed by atoms with Crippen molar-refractivity contribution in [3.05, 3.63) is 56.4 Å². The van der Waals surface area contributed by atoms with Gasteiger partial charge in [-0.3, -0.25) is 10.1 Å². The number of carbonyl (C=O) groups is 1. The fourth-order valence-electron chi connectivity index (χ4n) is 1.71. The van der Waals surface area contributed by atoms with Gasteiger partial charge in [0.05, 0.1) is 0 Å². The Morgan fingerprint density at radius 1 is 1.47 bits per heavy atom. The molecule has 0 aliphatic carbocycles. The van der Waals surface area contributed by atoms with Crippen LogP contribution in [-0.4, -0.2) is 5.91 Å². The van der Waals surface area contributed by atoms with E-state index in [1.807, 2.05) is 16.8 Å². The number of rotatable bonds is 5. The first-order chi connectivity index (χ1) is 9.08. The number of hydrogen-bond acceptors (Lipinski definition) is 3. The molecule has 3 nitrogen and oxygen atoms in total. The van der Waals surface area contributed by atoms with E-state index in [-0.39, 0.29) is 5.56 Å². The van der Waals surface area contributed by atoms with Gasteiger partial charge < -0.3 is 5.73 Å². The topological polar surface area (TPSA) is 55.1 Å². The number of thiophene rings is 1. The Labute approximate surface area is 122 Å². The largest absolute Gasteiger partial charge is 0.368 e. The lowest BCUT2D eigenvalue weighted by molar-refractivity contribution is -0.120. The lowest BCUT2D eigenvalue weighted by atomic mass is 10.1. The van der Waals surface area contributed by atoms with Crippen molar-refractivity contribution in [1.82, 2.24) is 5.32 Å². The summed E-state index contributed by atoms with van der Waals surface area (Å²) in [6, 6.07) is 5.65. The summed E-state index contributed by atoms with van der Waals surface area (Å²) >= 11 is 4.74. The summed E-state index contributed by atoms with van der Waals surface area (Å²) in [5.41, 5.74) is 6.63. The fourth-order valence-corrected chi connectivity index (χ4v) is 2.71. The Hall–Kier alpha value is -1.24. The molecule has 1 unspecified atom stereocenters. The lowest BCUT2D eigenvalue weighted by Crippen LogP contribution is -2.33. The highest BCUT2D eigenvalue weighted by Crippen LogP contribution is 2.21. The van der Waals surface area contributed by atoms with E-state index in [4.69, 9.17) is 5.73 Å². The third-order valence-corrected chi connectivity index (χ3v) is 3.87. The number of amides is 1. The van der Waals surface area contributed by atoms with Crippen LogP contribution in [0.3, 0.4) is 0 Å². The molecular formula is C13H12BrFN2OS. The number of benzene rings is 1. The Morgan fingerprint density at radius 2 is 2.26 bits per heavy atom. The number of halogens is 2. The van der Waals surface area contributed by atoms with Crippen molar-refractivity contribution < 1.29 is 9.18 Å². The second-order valence-electron chi connectivity index (χ2n) is 4.01. The van der Waals surface area contributed by atoms with Crippen LogP contribution in [0.4, 0.5) is 4.39 Å². The van der Waals surface area contributed by atoms with E-state index in [9.17, 15) is 9.18 Å². The molecule has 0 saturated carbocycles. The van der Waals surface area contributed by atoms with Gasteiger partial charge >= 0.3 is 0 Å². The maximum Gasteiger partial charge on any atom is 0.239 e. The molecule has 0 spiro atoms. The zero-order valence-corrected chi connectivity index (χ0v) is 12.3. The monoisotopic (exact) mass is 342 g/mol. The van der Waals surface area contributed by atoms with Crippen LogP contribution in [0, 0.1) is 5.82 Å². The highest BCUT2D eigenvalue weighted by atomic mass is 79.9. The van der Waals surface area contributed by atoms with Crippen LogP contribution in [0.1, 0.15) is 17.2 Å². The third-order valence-electron chi connectivity index (χ3n) is 2.65. The van der Waals surface area contributed by atoms with Crippen molar-refractivity contribution >= 4 is 33.2 Å². The molecule has 1 aromatic heterocycles. The minimum absolute atomic E-state index is 0.255. The maximum atomic E-state index is 13.9. The summed E-state index contributed by atoms with van der Waals surface area (Å²) < 4.78 is 14.5. The standard InChI is InChI=1S/C13H12BrFN2OS/c14-9-1-2-10(11(15)5-9)12(13(16)18)17-6-8-3-4-19-7-8/h1-5,7,12,17H,6H2,(H2,16,18). The second kappa shape index (κ2) is 6.27. The first-order valence-corrected chi connectivity index (χ1v) is 7.30. The summed E-state index contributed by atoms with van der Waals surface area (Å²) in [5.74, 6) is -1.06. The van der Waals surface area contributed by atoms with Crippen LogP contribution >= 0.6 is 27.3 Å². The molecule has 0 aliphatic heterocycles. The van der Waals surface area contributed by atoms with Crippen molar-refractivity contribution in [2.24, 2.45) is 5.73 Å². The predicted molar refractivity (Wildman–Crippen MR) is 77.2 cm³/mol. The fraction of sp³-hybridized carbons (Fsp3) is 0.154. The maximum absolute atomic E-state index is 13.9. The van der Waals surface area contributed by atoms with Crippen molar-refractivity contribution in [2.45, 2.75) is 12.6 Å². The van der Waals surface area contributed by atoms with E-state index in [1.54, 1.807) is 23.5 Å². The quantitative estimate of drug-likeness (QED) is 0.877. The molecule has 1 amide bonds. The summed E-state index contributed by atoms with van der Waals surface area (Å²) in [6.07, 6.45) is 0. The molecule has 1 atom stereocenters. The Morgan fingerprint density at radius 3 is 2.84 bits per heavy atom. The Kier molecular flexibility index (Phi) is 4.68. The van der Waals surface area contributed by atoms with E-state index in [0.717, 1.165) is 5.56 Å². The molecule has 0 aliphatic rings. The molecule has 1 aromatic carbocycles. The highest BCUT2D eigenvalue weighted by Gasteiger charge is 2.20. The Bertz CT molecular complexity index is 574. The Balaban J connectivity index is 2.17. The molecular weight excluding hydrogens is 331 g/mol. The van der Waals surface area contributed by atoms with Crippen molar-refractivity contribution in [1.29, 1.82) is 0 Å². The van der Waals surface area contributed by atoms with Gasteiger partial charge in [-0.05, 0) is 34.5 Å². The van der Waals surface area contributed by atoms with E-state index >= 15 is 0 Å². The van der Waals surface area contributed by atoms with Crippen LogP contribution in [0.15, 0.2) is 39.5 Å². The SMILES string of the molecule is NC(=O)C(NCc1ccsc1)c1ccc(Br)cc1F. The van der Waals surface area contributed by atoms with Gasteiger partial charge in [0, 0.05) is 16.6 Å². The number of nitrogens with two attached hydrogens (primary N) is 1. The average molecular weight is 343 g/mol. The van der Waals surface area contributed by atoms with Crippen LogP contribution in [0.5, 0.6) is 0 Å². The van der Waals surface area contributed by atoms with Crippen molar-refractivity contribution in [3.63, 3.8) is 0 Å². The van der Waals surface area contributed by atoms with Gasteiger partial charge in [-0.1, -0.05) is 22.0 Å². The molecule has 2 aromatic rings. The van der Waals surface area contributed by atoms with Gasteiger partial charge in [0.1, 0.15) is 11.9 Å². The van der Waals surface area contributed by atoms with Crippen LogP contribution in [-0.2, 0) is 11.3 Å². The lowest BCUT2D eigenvalue weighted by Gasteiger charge is -2.16. The van der Waals surface area contributed by atoms with Crippen LogP contribution in [0.2, 0.25) is 0 Å². The van der Waals surface area contributed by atoms with E-state index < -0.39 is 17.8 Å². The molecule has 0 bridgehead atoms. The van der Waals surface area contributed by atoms with Gasteiger partial charge in [0.2, 0.25) is 5.91 Å². The smallest absolute Gasteiger partial charge is 0.239 e. The molecule has 0 saturated heterocycles. The zero-order valence-electron chi connectivity index (χ0n) is 9.90. The van der Waals surface area contributed by atoms with E-state index in [0.29, 0.717) is 11.0 Å². The van der Waals surface area contributed by atoms with Crippen LogP contribution in [0.25, 0.3) is 0 Å². The summed E-state index contributed by atoms with van der Waals surface area (Å²) in [5, 5.41) is 6.88. The van der Waals surface area contributed by atoms with Gasteiger partial charge in [0.15, 0.2) is 0 Å². The molecule has 19 heavy (non-hydrogen) atoms. The van der Waals surface area contributed by atoms with E-state index in [2.05, 4.69) is 21.2 Å². The van der Waals surface area contributed by atoms with Crippen molar-refractivity contribution in [2.75, 3.05) is 0 Å². The average Bonchev–Trinajstić information content (AvgIpc) is 2.84. The summed E-state index contributed by atoms with van der Waals surface area (Å²) in [6.45, 7) is 0.465. The molecule has 2 rings (SSSR count). The molecule has 6 heteroatoms. The first kappa shape index (κ1) is 14.2. The summed E-state index contributed by atoms with van der Waals surface area (Å²) in [4.78, 5) is 11.5. The minimum Gasteiger partial charge on any atom is -0.368 e. The minimum atomic E-state index is -0.840.